The lowest BCUT2D eigenvalue weighted by Crippen LogP contribution is -2.39. The normalized spacial score (nSPS) is 13.5. The number of aromatic nitrogens is 2. The van der Waals surface area contributed by atoms with E-state index in [9.17, 15) is 0 Å². The van der Waals surface area contributed by atoms with Crippen molar-refractivity contribution in [2.24, 2.45) is 7.05 Å². The summed E-state index contributed by atoms with van der Waals surface area (Å²) in [7, 11) is 3.77. The Bertz CT molecular complexity index is 448. The molecule has 0 radical (unpaired) electrons. The molecule has 1 atom stereocenters. The van der Waals surface area contributed by atoms with E-state index in [1.54, 1.807) is 7.11 Å². The van der Waals surface area contributed by atoms with Crippen LogP contribution in [0, 0.1) is 6.92 Å². The van der Waals surface area contributed by atoms with Gasteiger partial charge in [-0.05, 0) is 41.5 Å². The van der Waals surface area contributed by atoms with Crippen LogP contribution in [0.15, 0.2) is 0 Å². The summed E-state index contributed by atoms with van der Waals surface area (Å²) in [4.78, 5) is 2.36. The largest absolute Gasteiger partial charge is 0.383 e. The summed E-state index contributed by atoms with van der Waals surface area (Å²) in [5.41, 5.74) is 2.46. The van der Waals surface area contributed by atoms with Crippen LogP contribution in [-0.4, -0.2) is 41.6 Å². The quantitative estimate of drug-likeness (QED) is 0.839. The topological polar surface area (TPSA) is 42.3 Å². The predicted octanol–water partition coefficient (Wildman–Crippen LogP) is 2.48. The molecule has 0 fully saturated rings. The molecule has 21 heavy (non-hydrogen) atoms. The number of rotatable bonds is 7. The lowest BCUT2D eigenvalue weighted by atomic mass is 10.1. The van der Waals surface area contributed by atoms with Crippen LogP contribution in [0.25, 0.3) is 0 Å². The average molecular weight is 296 g/mol. The zero-order valence-electron chi connectivity index (χ0n) is 14.9. The van der Waals surface area contributed by atoms with E-state index in [-0.39, 0.29) is 5.54 Å². The highest BCUT2D eigenvalue weighted by Crippen LogP contribution is 2.25. The third kappa shape index (κ3) is 4.71. The molecule has 0 aliphatic carbocycles. The Labute approximate surface area is 129 Å². The summed E-state index contributed by atoms with van der Waals surface area (Å²) in [6.45, 7) is 15.5. The summed E-state index contributed by atoms with van der Waals surface area (Å²) in [6, 6.07) is 0.322. The zero-order valence-corrected chi connectivity index (χ0v) is 14.9. The van der Waals surface area contributed by atoms with Crippen molar-refractivity contribution < 1.29 is 4.74 Å². The van der Waals surface area contributed by atoms with Crippen LogP contribution in [0.3, 0.4) is 0 Å². The van der Waals surface area contributed by atoms with Gasteiger partial charge in [0.25, 0.3) is 0 Å². The molecule has 0 amide bonds. The Morgan fingerprint density at radius 3 is 2.48 bits per heavy atom. The minimum atomic E-state index is 0.0920. The molecule has 1 N–H and O–H groups in total. The number of aryl methyl sites for hydroxylation is 2. The van der Waals surface area contributed by atoms with Crippen molar-refractivity contribution in [1.82, 2.24) is 15.1 Å². The molecule has 1 aromatic heterocycles. The molecule has 0 saturated carbocycles. The fourth-order valence-corrected chi connectivity index (χ4v) is 2.61. The van der Waals surface area contributed by atoms with Crippen molar-refractivity contribution in [3.63, 3.8) is 0 Å². The van der Waals surface area contributed by atoms with Gasteiger partial charge in [0.2, 0.25) is 0 Å². The van der Waals surface area contributed by atoms with E-state index < -0.39 is 0 Å². The van der Waals surface area contributed by atoms with Crippen molar-refractivity contribution in [1.29, 1.82) is 0 Å². The minimum Gasteiger partial charge on any atom is -0.383 e. The Morgan fingerprint density at radius 1 is 1.38 bits per heavy atom. The van der Waals surface area contributed by atoms with Crippen LogP contribution in [0.1, 0.15) is 45.9 Å². The Balaban J connectivity index is 3.09. The average Bonchev–Trinajstić information content (AvgIpc) is 2.63. The van der Waals surface area contributed by atoms with Gasteiger partial charge in [-0.1, -0.05) is 0 Å². The maximum atomic E-state index is 5.32. The van der Waals surface area contributed by atoms with E-state index in [0.717, 1.165) is 18.8 Å². The number of anilines is 1. The first-order valence-corrected chi connectivity index (χ1v) is 7.74. The molecule has 0 spiro atoms. The molecule has 1 rings (SSSR count). The van der Waals surface area contributed by atoms with Crippen molar-refractivity contribution in [2.45, 2.75) is 59.7 Å². The van der Waals surface area contributed by atoms with Crippen LogP contribution in [0.5, 0.6) is 0 Å². The van der Waals surface area contributed by atoms with E-state index in [1.807, 2.05) is 11.7 Å². The Hall–Kier alpha value is -1.07. The van der Waals surface area contributed by atoms with E-state index >= 15 is 0 Å². The molecule has 122 valence electrons. The second-order valence-corrected chi connectivity index (χ2v) is 6.71. The lowest BCUT2D eigenvalue weighted by molar-refractivity contribution is 0.181. The summed E-state index contributed by atoms with van der Waals surface area (Å²) < 4.78 is 7.31. The van der Waals surface area contributed by atoms with E-state index in [1.165, 1.54) is 11.4 Å². The molecule has 0 aliphatic heterocycles. The van der Waals surface area contributed by atoms with Crippen LogP contribution < -0.4 is 10.2 Å². The van der Waals surface area contributed by atoms with Gasteiger partial charge in [-0.3, -0.25) is 4.68 Å². The van der Waals surface area contributed by atoms with Gasteiger partial charge in [0.1, 0.15) is 5.82 Å². The lowest BCUT2D eigenvalue weighted by Gasteiger charge is -2.31. The highest BCUT2D eigenvalue weighted by atomic mass is 16.5. The summed E-state index contributed by atoms with van der Waals surface area (Å²) >= 11 is 0. The van der Waals surface area contributed by atoms with Crippen LogP contribution in [-0.2, 0) is 18.3 Å². The van der Waals surface area contributed by atoms with Gasteiger partial charge in [0.15, 0.2) is 0 Å². The number of hydrogen-bond donors (Lipinski definition) is 1. The molecular formula is C16H32N4O. The van der Waals surface area contributed by atoms with E-state index in [0.29, 0.717) is 12.6 Å². The predicted molar refractivity (Wildman–Crippen MR) is 88.9 cm³/mol. The second-order valence-electron chi connectivity index (χ2n) is 6.71. The van der Waals surface area contributed by atoms with E-state index in [2.05, 4.69) is 56.9 Å². The Morgan fingerprint density at radius 2 is 2.00 bits per heavy atom. The van der Waals surface area contributed by atoms with Crippen LogP contribution in [0.4, 0.5) is 5.82 Å². The van der Waals surface area contributed by atoms with E-state index in [4.69, 9.17) is 4.74 Å². The highest BCUT2D eigenvalue weighted by Gasteiger charge is 2.23. The third-order valence-electron chi connectivity index (χ3n) is 3.66. The molecule has 1 aromatic rings. The van der Waals surface area contributed by atoms with Crippen molar-refractivity contribution in [3.8, 4) is 0 Å². The fourth-order valence-electron chi connectivity index (χ4n) is 2.61. The second kappa shape index (κ2) is 7.27. The van der Waals surface area contributed by atoms with Gasteiger partial charge in [0.05, 0.1) is 18.3 Å². The first kappa shape index (κ1) is 18.0. The molecule has 0 aliphatic rings. The van der Waals surface area contributed by atoms with Gasteiger partial charge < -0.3 is 15.0 Å². The summed E-state index contributed by atoms with van der Waals surface area (Å²) in [5.74, 6) is 1.19. The maximum Gasteiger partial charge on any atom is 0.131 e. The van der Waals surface area contributed by atoms with Gasteiger partial charge in [0, 0.05) is 38.3 Å². The highest BCUT2D eigenvalue weighted by molar-refractivity contribution is 5.51. The van der Waals surface area contributed by atoms with Crippen molar-refractivity contribution in [2.75, 3.05) is 25.2 Å². The fraction of sp³-hybridized carbons (Fsp3) is 0.812. The monoisotopic (exact) mass is 296 g/mol. The molecule has 1 unspecified atom stereocenters. The molecular weight excluding hydrogens is 264 g/mol. The Kier molecular flexibility index (Phi) is 6.23. The molecule has 1 heterocycles. The first-order chi connectivity index (χ1) is 9.71. The smallest absolute Gasteiger partial charge is 0.131 e. The van der Waals surface area contributed by atoms with Gasteiger partial charge in [-0.15, -0.1) is 0 Å². The zero-order chi connectivity index (χ0) is 16.2. The third-order valence-corrected chi connectivity index (χ3v) is 3.66. The van der Waals surface area contributed by atoms with Gasteiger partial charge >= 0.3 is 0 Å². The molecule has 0 aromatic carbocycles. The van der Waals surface area contributed by atoms with Crippen LogP contribution >= 0.6 is 0 Å². The number of methoxy groups -OCH3 is 1. The van der Waals surface area contributed by atoms with Gasteiger partial charge in [-0.25, -0.2) is 0 Å². The number of nitrogens with zero attached hydrogens (tertiary/aromatic N) is 3. The minimum absolute atomic E-state index is 0.0920. The van der Waals surface area contributed by atoms with Crippen LogP contribution in [0.2, 0.25) is 0 Å². The first-order valence-electron chi connectivity index (χ1n) is 7.74. The van der Waals surface area contributed by atoms with Crippen molar-refractivity contribution in [3.05, 3.63) is 11.3 Å². The standard InChI is InChI=1S/C16H32N4O/c1-9-20(12(2)11-21-8)15-14(10-17-16(4,5)6)13(3)18-19(15)7/h12,17H,9-11H2,1-8H3. The number of likely N-dealkylation sites (N-methyl/N-ethyl adjacent to an activating group) is 1. The summed E-state index contributed by atoms with van der Waals surface area (Å²) in [5, 5.41) is 8.19. The molecule has 5 heteroatoms. The molecule has 0 saturated heterocycles. The number of nitrogens with one attached hydrogen (secondary N) is 1. The molecule has 0 bridgehead atoms. The molecule has 5 nitrogen and oxygen atoms in total. The maximum absolute atomic E-state index is 5.32. The number of ether oxygens (including phenoxy) is 1. The number of hydrogen-bond acceptors (Lipinski definition) is 4. The SMILES string of the molecule is CCN(c1c(CNC(C)(C)C)c(C)nn1C)C(C)COC. The summed E-state index contributed by atoms with van der Waals surface area (Å²) in [6.07, 6.45) is 0. The van der Waals surface area contributed by atoms with Crippen molar-refractivity contribution >= 4 is 5.82 Å². The van der Waals surface area contributed by atoms with Gasteiger partial charge in [-0.2, -0.15) is 5.10 Å².